The minimum absolute atomic E-state index is 0.0176. The quantitative estimate of drug-likeness (QED) is 0.812. The predicted octanol–water partition coefficient (Wildman–Crippen LogP) is 3.44. The highest BCUT2D eigenvalue weighted by Crippen LogP contribution is 2.22. The van der Waals surface area contributed by atoms with Crippen LogP contribution in [0.3, 0.4) is 0 Å². The Morgan fingerprint density at radius 2 is 2.06 bits per heavy atom. The maximum absolute atomic E-state index is 13.7. The first-order chi connectivity index (χ1) is 7.50. The Morgan fingerprint density at radius 1 is 1.38 bits per heavy atom. The van der Waals surface area contributed by atoms with Gasteiger partial charge in [0, 0.05) is 17.1 Å². The maximum atomic E-state index is 13.7. The highest BCUT2D eigenvalue weighted by molar-refractivity contribution is 6.31. The van der Waals surface area contributed by atoms with Crippen molar-refractivity contribution in [2.24, 2.45) is 0 Å². The van der Waals surface area contributed by atoms with Crippen LogP contribution in [0, 0.1) is 5.82 Å². The van der Waals surface area contributed by atoms with E-state index in [0.29, 0.717) is 11.1 Å². The van der Waals surface area contributed by atoms with E-state index >= 15 is 0 Å². The first kappa shape index (κ1) is 11.1. The van der Waals surface area contributed by atoms with Gasteiger partial charge in [-0.05, 0) is 18.1 Å². The molecule has 0 radical (unpaired) electrons. The van der Waals surface area contributed by atoms with E-state index < -0.39 is 5.82 Å². The van der Waals surface area contributed by atoms with Crippen LogP contribution in [0.25, 0.3) is 10.9 Å². The van der Waals surface area contributed by atoms with Crippen LogP contribution >= 0.6 is 11.6 Å². The normalized spacial score (nSPS) is 11.3. The number of hydrogen-bond donors (Lipinski definition) is 1. The zero-order chi connectivity index (χ0) is 11.9. The molecule has 2 rings (SSSR count). The molecule has 0 spiro atoms. The Kier molecular flexibility index (Phi) is 2.72. The van der Waals surface area contributed by atoms with Crippen molar-refractivity contribution in [2.45, 2.75) is 19.8 Å². The SMILES string of the molecule is CC(C)c1cc(=O)c2ccc(Cl)c(F)c2[nH]1. The summed E-state index contributed by atoms with van der Waals surface area (Å²) in [6, 6.07) is 4.42. The topological polar surface area (TPSA) is 32.9 Å². The highest BCUT2D eigenvalue weighted by Gasteiger charge is 2.11. The number of fused-ring (bicyclic) bond motifs is 1. The van der Waals surface area contributed by atoms with Crippen molar-refractivity contribution in [1.29, 1.82) is 0 Å². The summed E-state index contributed by atoms with van der Waals surface area (Å²) in [5.41, 5.74) is 0.704. The summed E-state index contributed by atoms with van der Waals surface area (Å²) in [6.45, 7) is 3.86. The van der Waals surface area contributed by atoms with Crippen LogP contribution in [0.2, 0.25) is 5.02 Å². The molecule has 0 saturated carbocycles. The maximum Gasteiger partial charge on any atom is 0.189 e. The fourth-order valence-electron chi connectivity index (χ4n) is 1.59. The van der Waals surface area contributed by atoms with Gasteiger partial charge >= 0.3 is 0 Å². The summed E-state index contributed by atoms with van der Waals surface area (Å²) in [7, 11) is 0. The third-order valence-electron chi connectivity index (χ3n) is 2.54. The van der Waals surface area contributed by atoms with Crippen LogP contribution in [-0.4, -0.2) is 4.98 Å². The lowest BCUT2D eigenvalue weighted by Crippen LogP contribution is -2.07. The van der Waals surface area contributed by atoms with Crippen LogP contribution in [0.5, 0.6) is 0 Å². The van der Waals surface area contributed by atoms with Crippen LogP contribution in [0.1, 0.15) is 25.5 Å². The summed E-state index contributed by atoms with van der Waals surface area (Å²) in [5.74, 6) is -0.436. The number of aromatic amines is 1. The summed E-state index contributed by atoms with van der Waals surface area (Å²) in [6.07, 6.45) is 0. The molecule has 1 aromatic carbocycles. The van der Waals surface area contributed by atoms with Gasteiger partial charge in [0.05, 0.1) is 10.5 Å². The van der Waals surface area contributed by atoms with Crippen molar-refractivity contribution < 1.29 is 4.39 Å². The van der Waals surface area contributed by atoms with Gasteiger partial charge in [0.1, 0.15) is 0 Å². The molecule has 0 bridgehead atoms. The lowest BCUT2D eigenvalue weighted by molar-refractivity contribution is 0.636. The van der Waals surface area contributed by atoms with E-state index in [0.717, 1.165) is 0 Å². The molecule has 0 unspecified atom stereocenters. The molecule has 0 aliphatic heterocycles. The number of pyridine rings is 1. The largest absolute Gasteiger partial charge is 0.356 e. The van der Waals surface area contributed by atoms with Crippen LogP contribution in [0.4, 0.5) is 4.39 Å². The molecule has 2 aromatic rings. The zero-order valence-electron chi connectivity index (χ0n) is 8.97. The molecule has 1 aromatic heterocycles. The van der Waals surface area contributed by atoms with Crippen LogP contribution in [0.15, 0.2) is 23.0 Å². The lowest BCUT2D eigenvalue weighted by Gasteiger charge is -2.08. The molecule has 4 heteroatoms. The van der Waals surface area contributed by atoms with Crippen molar-refractivity contribution in [3.8, 4) is 0 Å². The Balaban J connectivity index is 2.89. The van der Waals surface area contributed by atoms with E-state index in [1.165, 1.54) is 18.2 Å². The van der Waals surface area contributed by atoms with Crippen molar-refractivity contribution >= 4 is 22.5 Å². The highest BCUT2D eigenvalue weighted by atomic mass is 35.5. The van der Waals surface area contributed by atoms with Gasteiger partial charge in [0.2, 0.25) is 0 Å². The van der Waals surface area contributed by atoms with Crippen molar-refractivity contribution in [3.05, 3.63) is 45.0 Å². The van der Waals surface area contributed by atoms with E-state index in [9.17, 15) is 9.18 Å². The molecule has 0 saturated heterocycles. The number of aromatic nitrogens is 1. The van der Waals surface area contributed by atoms with E-state index in [4.69, 9.17) is 11.6 Å². The monoisotopic (exact) mass is 239 g/mol. The fourth-order valence-corrected chi connectivity index (χ4v) is 1.75. The number of rotatable bonds is 1. The smallest absolute Gasteiger partial charge is 0.189 e. The average Bonchev–Trinajstić information content (AvgIpc) is 2.23. The van der Waals surface area contributed by atoms with Crippen molar-refractivity contribution in [1.82, 2.24) is 4.98 Å². The first-order valence-electron chi connectivity index (χ1n) is 5.01. The van der Waals surface area contributed by atoms with Gasteiger partial charge in [0.25, 0.3) is 0 Å². The number of H-pyrrole nitrogens is 1. The second-order valence-corrected chi connectivity index (χ2v) is 4.43. The van der Waals surface area contributed by atoms with Crippen LogP contribution < -0.4 is 5.43 Å². The standard InChI is InChI=1S/C12H11ClFNO/c1-6(2)9-5-10(16)7-3-4-8(13)11(14)12(7)15-9/h3-6H,1-2H3,(H,15,16). The Bertz CT molecular complexity index is 604. The summed E-state index contributed by atoms with van der Waals surface area (Å²) in [4.78, 5) is 14.7. The Hall–Kier alpha value is -1.35. The van der Waals surface area contributed by atoms with Gasteiger partial charge in [-0.1, -0.05) is 25.4 Å². The van der Waals surface area contributed by atoms with Gasteiger partial charge in [-0.15, -0.1) is 0 Å². The molecular weight excluding hydrogens is 229 g/mol. The average molecular weight is 240 g/mol. The minimum atomic E-state index is -0.571. The minimum Gasteiger partial charge on any atom is -0.356 e. The molecule has 0 atom stereocenters. The third kappa shape index (κ3) is 1.71. The van der Waals surface area contributed by atoms with Gasteiger partial charge < -0.3 is 4.98 Å². The lowest BCUT2D eigenvalue weighted by atomic mass is 10.1. The molecular formula is C12H11ClFNO. The molecule has 84 valence electrons. The van der Waals surface area contributed by atoms with Crippen LogP contribution in [-0.2, 0) is 0 Å². The molecule has 0 fully saturated rings. The molecule has 0 aliphatic rings. The number of halogens is 2. The van der Waals surface area contributed by atoms with Gasteiger partial charge in [-0.25, -0.2) is 4.39 Å². The number of benzene rings is 1. The van der Waals surface area contributed by atoms with E-state index in [1.807, 2.05) is 13.8 Å². The first-order valence-corrected chi connectivity index (χ1v) is 5.39. The molecule has 0 aliphatic carbocycles. The molecule has 16 heavy (non-hydrogen) atoms. The summed E-state index contributed by atoms with van der Waals surface area (Å²) < 4.78 is 13.7. The second-order valence-electron chi connectivity index (χ2n) is 4.03. The Labute approximate surface area is 97.1 Å². The molecule has 1 N–H and O–H groups in total. The number of hydrogen-bond acceptors (Lipinski definition) is 1. The fraction of sp³-hybridized carbons (Fsp3) is 0.250. The number of nitrogens with one attached hydrogen (secondary N) is 1. The van der Waals surface area contributed by atoms with E-state index in [-0.39, 0.29) is 21.9 Å². The zero-order valence-corrected chi connectivity index (χ0v) is 9.73. The summed E-state index contributed by atoms with van der Waals surface area (Å²) in [5, 5.41) is 0.343. The Morgan fingerprint density at radius 3 is 2.69 bits per heavy atom. The molecule has 0 amide bonds. The predicted molar refractivity (Wildman–Crippen MR) is 63.6 cm³/mol. The van der Waals surface area contributed by atoms with Gasteiger partial charge in [-0.3, -0.25) is 4.79 Å². The summed E-state index contributed by atoms with van der Waals surface area (Å²) >= 11 is 5.67. The van der Waals surface area contributed by atoms with E-state index in [1.54, 1.807) is 0 Å². The van der Waals surface area contributed by atoms with E-state index in [2.05, 4.69) is 4.98 Å². The van der Waals surface area contributed by atoms with Crippen molar-refractivity contribution in [2.75, 3.05) is 0 Å². The second kappa shape index (κ2) is 3.91. The molecule has 1 heterocycles. The molecule has 2 nitrogen and oxygen atoms in total. The van der Waals surface area contributed by atoms with Crippen molar-refractivity contribution in [3.63, 3.8) is 0 Å². The van der Waals surface area contributed by atoms with Gasteiger partial charge in [-0.2, -0.15) is 0 Å². The third-order valence-corrected chi connectivity index (χ3v) is 2.83. The van der Waals surface area contributed by atoms with Gasteiger partial charge in [0.15, 0.2) is 11.2 Å².